The molecule has 0 unspecified atom stereocenters. The number of nitriles is 1. The maximum absolute atomic E-state index is 12.5. The summed E-state index contributed by atoms with van der Waals surface area (Å²) in [5.41, 5.74) is 3.22. The van der Waals surface area contributed by atoms with Gasteiger partial charge < -0.3 is 15.1 Å². The molecule has 160 valence electrons. The minimum Gasteiger partial charge on any atom is -0.368 e. The van der Waals surface area contributed by atoms with Gasteiger partial charge in [-0.05, 0) is 41.1 Å². The number of H-pyrrole nitrogens is 1. The molecule has 3 aromatic rings. The molecule has 1 aliphatic heterocycles. The van der Waals surface area contributed by atoms with Crippen LogP contribution in [0.1, 0.15) is 11.4 Å². The van der Waals surface area contributed by atoms with E-state index in [0.717, 1.165) is 30.0 Å². The monoisotopic (exact) mass is 426 g/mol. The van der Waals surface area contributed by atoms with E-state index in [9.17, 15) is 10.1 Å². The topological polar surface area (TPSA) is 114 Å². The summed E-state index contributed by atoms with van der Waals surface area (Å²) < 4.78 is 0. The fourth-order valence-electron chi connectivity index (χ4n) is 3.37. The molecule has 32 heavy (non-hydrogen) atoms. The number of nitrogens with zero attached hydrogens (tertiary/aromatic N) is 6. The lowest BCUT2D eigenvalue weighted by molar-refractivity contribution is -0.126. The number of benzene rings is 2. The quantitative estimate of drug-likeness (QED) is 0.460. The van der Waals surface area contributed by atoms with Crippen molar-refractivity contribution in [1.29, 1.82) is 5.26 Å². The molecule has 1 aliphatic rings. The van der Waals surface area contributed by atoms with Crippen LogP contribution in [0.2, 0.25) is 0 Å². The summed E-state index contributed by atoms with van der Waals surface area (Å²) in [6.45, 7) is 2.90. The summed E-state index contributed by atoms with van der Waals surface area (Å²) in [6.07, 6.45) is 5.04. The van der Waals surface area contributed by atoms with Crippen LogP contribution >= 0.6 is 0 Å². The highest BCUT2D eigenvalue weighted by atomic mass is 16.2. The Balaban J connectivity index is 1.30. The zero-order valence-corrected chi connectivity index (χ0v) is 17.3. The van der Waals surface area contributed by atoms with Gasteiger partial charge in [0.25, 0.3) is 0 Å². The number of carbonyl (C=O) groups is 1. The maximum atomic E-state index is 12.5. The van der Waals surface area contributed by atoms with E-state index >= 15 is 0 Å². The largest absolute Gasteiger partial charge is 0.368 e. The fourth-order valence-corrected chi connectivity index (χ4v) is 3.37. The van der Waals surface area contributed by atoms with E-state index in [1.54, 1.807) is 12.3 Å². The van der Waals surface area contributed by atoms with Crippen LogP contribution in [0.25, 0.3) is 11.6 Å². The predicted octanol–water partition coefficient (Wildman–Crippen LogP) is 2.54. The molecule has 1 fully saturated rings. The van der Waals surface area contributed by atoms with Crippen molar-refractivity contribution in [3.63, 3.8) is 0 Å². The van der Waals surface area contributed by atoms with Crippen molar-refractivity contribution in [2.45, 2.75) is 0 Å². The molecule has 1 amide bonds. The molecule has 2 N–H and O–H groups in total. The van der Waals surface area contributed by atoms with E-state index in [-0.39, 0.29) is 17.3 Å². The van der Waals surface area contributed by atoms with Crippen LogP contribution in [0.3, 0.4) is 0 Å². The van der Waals surface area contributed by atoms with Crippen molar-refractivity contribution in [1.82, 2.24) is 25.5 Å². The average Bonchev–Trinajstić information content (AvgIpc) is 3.39. The van der Waals surface area contributed by atoms with E-state index in [1.165, 1.54) is 0 Å². The van der Waals surface area contributed by atoms with Crippen LogP contribution in [0.4, 0.5) is 11.4 Å². The van der Waals surface area contributed by atoms with Crippen molar-refractivity contribution < 1.29 is 4.79 Å². The lowest BCUT2D eigenvalue weighted by Gasteiger charge is -2.35. The number of anilines is 2. The van der Waals surface area contributed by atoms with Gasteiger partial charge >= 0.3 is 0 Å². The van der Waals surface area contributed by atoms with Gasteiger partial charge in [-0.15, -0.1) is 10.2 Å². The van der Waals surface area contributed by atoms with Gasteiger partial charge in [0.1, 0.15) is 11.6 Å². The number of amides is 1. The molecule has 9 heteroatoms. The molecule has 0 aliphatic carbocycles. The van der Waals surface area contributed by atoms with Crippen LogP contribution in [0.5, 0.6) is 0 Å². The fraction of sp³-hybridized carbons (Fsp3) is 0.174. The zero-order valence-electron chi connectivity index (χ0n) is 17.3. The Bertz CT molecular complexity index is 1120. The third-order valence-corrected chi connectivity index (χ3v) is 5.13. The normalized spacial score (nSPS) is 14.4. The lowest BCUT2D eigenvalue weighted by atomic mass is 10.2. The Morgan fingerprint density at radius 3 is 2.47 bits per heavy atom. The summed E-state index contributed by atoms with van der Waals surface area (Å²) in [4.78, 5) is 16.6. The highest BCUT2D eigenvalue weighted by molar-refractivity contribution is 5.92. The highest BCUT2D eigenvalue weighted by Gasteiger charge is 2.19. The van der Waals surface area contributed by atoms with Crippen LogP contribution in [-0.2, 0) is 4.79 Å². The minimum atomic E-state index is 0.0368. The van der Waals surface area contributed by atoms with Gasteiger partial charge in [0.15, 0.2) is 0 Å². The number of tetrazole rings is 1. The Morgan fingerprint density at radius 2 is 1.81 bits per heavy atom. The van der Waals surface area contributed by atoms with Crippen molar-refractivity contribution in [2.24, 2.45) is 0 Å². The van der Waals surface area contributed by atoms with Gasteiger partial charge in [0.2, 0.25) is 11.7 Å². The summed E-state index contributed by atoms with van der Waals surface area (Å²) >= 11 is 0. The molecule has 0 saturated carbocycles. The molecular weight excluding hydrogens is 404 g/mol. The van der Waals surface area contributed by atoms with E-state index in [4.69, 9.17) is 0 Å². The maximum Gasteiger partial charge on any atom is 0.246 e. The highest BCUT2D eigenvalue weighted by Crippen LogP contribution is 2.20. The molecular formula is C23H22N8O. The molecule has 0 radical (unpaired) electrons. The van der Waals surface area contributed by atoms with Crippen LogP contribution < -0.4 is 10.2 Å². The molecule has 2 aromatic carbocycles. The molecule has 1 aromatic heterocycles. The first-order chi connectivity index (χ1) is 15.7. The number of hydrogen-bond donors (Lipinski definition) is 2. The predicted molar refractivity (Wildman–Crippen MR) is 122 cm³/mol. The third kappa shape index (κ3) is 5.17. The van der Waals surface area contributed by atoms with Crippen molar-refractivity contribution in [3.05, 3.63) is 78.3 Å². The standard InChI is InChI=1S/C23H22N8O/c24-16-19(23-26-28-29-27-23)17-25-20-7-9-21(10-8-20)30-12-14-31(15-13-30)22(32)11-6-18-4-2-1-3-5-18/h1-11,17,25H,12-15H2,(H,26,27,28,29). The van der Waals surface area contributed by atoms with Crippen molar-refractivity contribution in [3.8, 4) is 6.07 Å². The molecule has 9 nitrogen and oxygen atoms in total. The van der Waals surface area contributed by atoms with E-state index in [2.05, 4.69) is 30.8 Å². The number of allylic oxidation sites excluding steroid dienone is 1. The Morgan fingerprint density at radius 1 is 1.06 bits per heavy atom. The summed E-state index contributed by atoms with van der Waals surface area (Å²) in [6, 6.07) is 19.8. The van der Waals surface area contributed by atoms with Gasteiger partial charge in [-0.3, -0.25) is 4.79 Å². The molecule has 0 bridgehead atoms. The van der Waals surface area contributed by atoms with Gasteiger partial charge in [0, 0.05) is 49.8 Å². The SMILES string of the molecule is N#CC(=CNc1ccc(N2CCN(C(=O)C=Cc3ccccc3)CC2)cc1)c1nn[nH]n1. The second-order valence-corrected chi connectivity index (χ2v) is 7.15. The van der Waals surface area contributed by atoms with Crippen molar-refractivity contribution >= 4 is 28.9 Å². The molecule has 2 heterocycles. The summed E-state index contributed by atoms with van der Waals surface area (Å²) in [7, 11) is 0. The summed E-state index contributed by atoms with van der Waals surface area (Å²) in [5.74, 6) is 0.275. The molecule has 1 saturated heterocycles. The van der Waals surface area contributed by atoms with Crippen LogP contribution in [-0.4, -0.2) is 57.6 Å². The van der Waals surface area contributed by atoms with Crippen LogP contribution in [0, 0.1) is 11.3 Å². The first-order valence-corrected chi connectivity index (χ1v) is 10.2. The van der Waals surface area contributed by atoms with Crippen LogP contribution in [0.15, 0.2) is 66.9 Å². The number of aromatic nitrogens is 4. The average molecular weight is 426 g/mol. The number of hydrogen-bond acceptors (Lipinski definition) is 7. The Hall–Kier alpha value is -4.45. The Kier molecular flexibility index (Phi) is 6.53. The zero-order chi connectivity index (χ0) is 22.2. The smallest absolute Gasteiger partial charge is 0.246 e. The summed E-state index contributed by atoms with van der Waals surface area (Å²) in [5, 5.41) is 25.7. The van der Waals surface area contributed by atoms with Gasteiger partial charge in [0.05, 0.1) is 0 Å². The second kappa shape index (κ2) is 10.0. The molecule has 4 rings (SSSR count). The Labute approximate surface area is 185 Å². The second-order valence-electron chi connectivity index (χ2n) is 7.15. The van der Waals surface area contributed by atoms with E-state index in [1.807, 2.05) is 71.6 Å². The molecule has 0 spiro atoms. The number of carbonyl (C=O) groups excluding carboxylic acids is 1. The lowest BCUT2D eigenvalue weighted by Crippen LogP contribution is -2.48. The van der Waals surface area contributed by atoms with E-state index < -0.39 is 0 Å². The molecule has 0 atom stereocenters. The first kappa shape index (κ1) is 20.8. The van der Waals surface area contributed by atoms with Gasteiger partial charge in [-0.1, -0.05) is 30.3 Å². The third-order valence-electron chi connectivity index (χ3n) is 5.13. The van der Waals surface area contributed by atoms with Gasteiger partial charge in [-0.25, -0.2) is 0 Å². The minimum absolute atomic E-state index is 0.0368. The number of piperazine rings is 1. The van der Waals surface area contributed by atoms with Crippen molar-refractivity contribution in [2.75, 3.05) is 36.4 Å². The number of nitrogens with one attached hydrogen (secondary N) is 2. The first-order valence-electron chi connectivity index (χ1n) is 10.2. The number of aromatic amines is 1. The van der Waals surface area contributed by atoms with Gasteiger partial charge in [-0.2, -0.15) is 10.5 Å². The van der Waals surface area contributed by atoms with E-state index in [0.29, 0.717) is 13.1 Å². The number of rotatable bonds is 6.